The molecular weight excluding hydrogens is 582 g/mol. The second-order valence-electron chi connectivity index (χ2n) is 7.82. The molecule has 0 saturated carbocycles. The molecule has 5 nitrogen and oxygen atoms in total. The van der Waals surface area contributed by atoms with Crippen LogP contribution < -0.4 is 10.4 Å². The molecule has 4 aromatic rings. The third-order valence-corrected chi connectivity index (χ3v) is 7.85. The lowest BCUT2D eigenvalue weighted by molar-refractivity contribution is 0.0756. The molecule has 5 rings (SSSR count). The SMILES string of the molecule is O=C(c1cc2cc(Br)cc(Br)c2oc1=O)N1CCSC1c1ccc(OCc2ccccc2)cc1. The summed E-state index contributed by atoms with van der Waals surface area (Å²) in [7, 11) is 0. The minimum Gasteiger partial charge on any atom is -0.489 e. The van der Waals surface area contributed by atoms with E-state index >= 15 is 0 Å². The van der Waals surface area contributed by atoms with Crippen molar-refractivity contribution in [3.8, 4) is 5.75 Å². The molecule has 1 unspecified atom stereocenters. The molecule has 1 amide bonds. The van der Waals surface area contributed by atoms with E-state index in [2.05, 4.69) is 31.9 Å². The molecule has 1 aliphatic rings. The third-order valence-electron chi connectivity index (χ3n) is 5.55. The van der Waals surface area contributed by atoms with Crippen molar-refractivity contribution in [3.63, 3.8) is 0 Å². The van der Waals surface area contributed by atoms with Crippen LogP contribution in [0.15, 0.2) is 91.0 Å². The lowest BCUT2D eigenvalue weighted by atomic mass is 10.1. The van der Waals surface area contributed by atoms with E-state index in [1.54, 1.807) is 28.8 Å². The zero-order valence-corrected chi connectivity index (χ0v) is 21.9. The van der Waals surface area contributed by atoms with Crippen LogP contribution in [0.1, 0.15) is 26.9 Å². The van der Waals surface area contributed by atoms with Crippen molar-refractivity contribution in [2.45, 2.75) is 12.0 Å². The summed E-state index contributed by atoms with van der Waals surface area (Å²) in [6.45, 7) is 1.05. The Bertz CT molecular complexity index is 1410. The summed E-state index contributed by atoms with van der Waals surface area (Å²) >= 11 is 8.52. The van der Waals surface area contributed by atoms with E-state index in [1.165, 1.54) is 0 Å². The monoisotopic (exact) mass is 599 g/mol. The van der Waals surface area contributed by atoms with E-state index in [-0.39, 0.29) is 16.8 Å². The molecule has 0 bridgehead atoms. The Morgan fingerprint density at radius 2 is 1.82 bits per heavy atom. The predicted octanol–water partition coefficient (Wildman–Crippen LogP) is 6.78. The number of ether oxygens (including phenoxy) is 1. The van der Waals surface area contributed by atoms with Gasteiger partial charge in [0, 0.05) is 22.2 Å². The summed E-state index contributed by atoms with van der Waals surface area (Å²) in [5.74, 6) is 1.23. The minimum absolute atomic E-state index is 0.0350. The minimum atomic E-state index is -0.638. The number of benzene rings is 3. The van der Waals surface area contributed by atoms with Crippen LogP contribution in [-0.2, 0) is 6.61 Å². The standard InChI is InChI=1S/C26H19Br2NO4S/c27-19-12-18-13-21(26(31)33-23(18)22(28)14-19)24(30)29-10-11-34-25(29)17-6-8-20(9-7-17)32-15-16-4-2-1-3-5-16/h1-9,12-14,25H,10-11,15H2. The first kappa shape index (κ1) is 23.2. The average molecular weight is 601 g/mol. The highest BCUT2D eigenvalue weighted by molar-refractivity contribution is 9.11. The van der Waals surface area contributed by atoms with Gasteiger partial charge in [0.1, 0.15) is 23.3 Å². The van der Waals surface area contributed by atoms with E-state index in [9.17, 15) is 9.59 Å². The summed E-state index contributed by atoms with van der Waals surface area (Å²) in [4.78, 5) is 27.8. The molecule has 0 aliphatic carbocycles. The molecule has 1 saturated heterocycles. The Kier molecular flexibility index (Phi) is 6.81. The van der Waals surface area contributed by atoms with Crippen molar-refractivity contribution < 1.29 is 13.9 Å². The van der Waals surface area contributed by atoms with Crippen LogP contribution in [0.4, 0.5) is 0 Å². The molecule has 34 heavy (non-hydrogen) atoms. The second kappa shape index (κ2) is 9.98. The molecular formula is C26H19Br2NO4S. The van der Waals surface area contributed by atoms with Gasteiger partial charge in [-0.15, -0.1) is 11.8 Å². The quantitative estimate of drug-likeness (QED) is 0.236. The molecule has 8 heteroatoms. The summed E-state index contributed by atoms with van der Waals surface area (Å²) < 4.78 is 12.8. The van der Waals surface area contributed by atoms with Crippen molar-refractivity contribution in [2.75, 3.05) is 12.3 Å². The van der Waals surface area contributed by atoms with Gasteiger partial charge in [-0.3, -0.25) is 4.79 Å². The summed E-state index contributed by atoms with van der Waals surface area (Å²) in [6, 6.07) is 23.0. The van der Waals surface area contributed by atoms with Gasteiger partial charge in [-0.2, -0.15) is 0 Å². The fourth-order valence-corrected chi connectivity index (χ4v) is 6.48. The highest BCUT2D eigenvalue weighted by atomic mass is 79.9. The summed E-state index contributed by atoms with van der Waals surface area (Å²) in [5, 5.41) is 0.493. The number of thioether (sulfide) groups is 1. The van der Waals surface area contributed by atoms with Crippen molar-refractivity contribution in [1.29, 1.82) is 0 Å². The Morgan fingerprint density at radius 1 is 1.06 bits per heavy atom. The number of amides is 1. The van der Waals surface area contributed by atoms with Crippen LogP contribution in [0, 0.1) is 0 Å². The number of carbonyl (C=O) groups excluding carboxylic acids is 1. The number of halogens is 2. The number of carbonyl (C=O) groups is 1. The molecule has 1 aromatic heterocycles. The van der Waals surface area contributed by atoms with E-state index in [0.29, 0.717) is 28.6 Å². The molecule has 0 spiro atoms. The van der Waals surface area contributed by atoms with Crippen molar-refractivity contribution in [1.82, 2.24) is 4.90 Å². The number of hydrogen-bond donors (Lipinski definition) is 0. The molecule has 1 fully saturated rings. The largest absolute Gasteiger partial charge is 0.489 e. The van der Waals surface area contributed by atoms with Gasteiger partial charge in [0.05, 0.1) is 4.47 Å². The maximum Gasteiger partial charge on any atom is 0.349 e. The maximum atomic E-state index is 13.4. The van der Waals surface area contributed by atoms with Crippen LogP contribution in [0.25, 0.3) is 11.0 Å². The van der Waals surface area contributed by atoms with E-state index in [4.69, 9.17) is 9.15 Å². The van der Waals surface area contributed by atoms with Gasteiger partial charge in [-0.25, -0.2) is 4.79 Å². The Morgan fingerprint density at radius 3 is 2.59 bits per heavy atom. The van der Waals surface area contributed by atoms with E-state index in [0.717, 1.165) is 27.1 Å². The lowest BCUT2D eigenvalue weighted by Crippen LogP contribution is -2.33. The van der Waals surface area contributed by atoms with Gasteiger partial charge in [0.2, 0.25) is 0 Å². The van der Waals surface area contributed by atoms with Crippen LogP contribution in [0.3, 0.4) is 0 Å². The molecule has 2 heterocycles. The van der Waals surface area contributed by atoms with Crippen molar-refractivity contribution in [3.05, 3.63) is 109 Å². The Balaban J connectivity index is 1.36. The first-order valence-corrected chi connectivity index (χ1v) is 13.3. The highest BCUT2D eigenvalue weighted by Gasteiger charge is 2.33. The van der Waals surface area contributed by atoms with Gasteiger partial charge in [0.25, 0.3) is 5.91 Å². The van der Waals surface area contributed by atoms with Gasteiger partial charge >= 0.3 is 5.63 Å². The number of hydrogen-bond acceptors (Lipinski definition) is 5. The lowest BCUT2D eigenvalue weighted by Gasteiger charge is -2.24. The number of nitrogens with zero attached hydrogens (tertiary/aromatic N) is 1. The third kappa shape index (κ3) is 4.80. The van der Waals surface area contributed by atoms with Crippen molar-refractivity contribution in [2.24, 2.45) is 0 Å². The fraction of sp³-hybridized carbons (Fsp3) is 0.154. The van der Waals surface area contributed by atoms with Crippen LogP contribution in [-0.4, -0.2) is 23.1 Å². The highest BCUT2D eigenvalue weighted by Crippen LogP contribution is 2.39. The molecule has 1 atom stereocenters. The molecule has 3 aromatic carbocycles. The first-order chi connectivity index (χ1) is 16.5. The fourth-order valence-electron chi connectivity index (χ4n) is 3.88. The van der Waals surface area contributed by atoms with Gasteiger partial charge in [-0.1, -0.05) is 58.4 Å². The second-order valence-corrected chi connectivity index (χ2v) is 10.8. The number of rotatable bonds is 5. The van der Waals surface area contributed by atoms with Gasteiger partial charge in [0.15, 0.2) is 5.58 Å². The zero-order chi connectivity index (χ0) is 23.7. The van der Waals surface area contributed by atoms with E-state index in [1.807, 2.05) is 60.7 Å². The van der Waals surface area contributed by atoms with Crippen molar-refractivity contribution >= 4 is 60.5 Å². The van der Waals surface area contributed by atoms with Crippen LogP contribution in [0.5, 0.6) is 5.75 Å². The molecule has 1 aliphatic heterocycles. The average Bonchev–Trinajstić information content (AvgIpc) is 3.33. The molecule has 0 N–H and O–H groups in total. The maximum absolute atomic E-state index is 13.4. The smallest absolute Gasteiger partial charge is 0.349 e. The zero-order valence-electron chi connectivity index (χ0n) is 17.9. The predicted molar refractivity (Wildman–Crippen MR) is 141 cm³/mol. The Hall–Kier alpha value is -2.55. The van der Waals surface area contributed by atoms with Gasteiger partial charge < -0.3 is 14.1 Å². The summed E-state index contributed by atoms with van der Waals surface area (Å²) in [5.41, 5.74) is 1.90. The van der Waals surface area contributed by atoms with E-state index < -0.39 is 5.63 Å². The number of fused-ring (bicyclic) bond motifs is 1. The normalized spacial score (nSPS) is 15.6. The van der Waals surface area contributed by atoms with Gasteiger partial charge in [-0.05, 0) is 57.4 Å². The molecule has 172 valence electrons. The summed E-state index contributed by atoms with van der Waals surface area (Å²) in [6.07, 6.45) is 0. The topological polar surface area (TPSA) is 59.8 Å². The Labute approximate surface area is 217 Å². The molecule has 0 radical (unpaired) electrons. The van der Waals surface area contributed by atoms with Crippen LogP contribution >= 0.6 is 43.6 Å². The first-order valence-electron chi connectivity index (χ1n) is 10.6. The van der Waals surface area contributed by atoms with Crippen LogP contribution in [0.2, 0.25) is 0 Å².